The van der Waals surface area contributed by atoms with Crippen LogP contribution in [0.4, 0.5) is 10.1 Å². The molecule has 3 aromatic rings. The molecule has 0 aliphatic heterocycles. The minimum atomic E-state index is -0.939. The largest absolute Gasteiger partial charge is 0.493 e. The topological polar surface area (TPSA) is 89.0 Å². The number of para-hydroxylation sites is 2. The van der Waals surface area contributed by atoms with Crippen molar-refractivity contribution in [3.05, 3.63) is 88.2 Å². The monoisotopic (exact) mass is 483 g/mol. The van der Waals surface area contributed by atoms with Gasteiger partial charge in [0.05, 0.1) is 18.3 Å². The zero-order chi connectivity index (χ0) is 24.5. The summed E-state index contributed by atoms with van der Waals surface area (Å²) in [7, 11) is 1.46. The highest BCUT2D eigenvalue weighted by atomic mass is 35.5. The average Bonchev–Trinajstić information content (AvgIpc) is 2.84. The van der Waals surface area contributed by atoms with Crippen LogP contribution >= 0.6 is 11.6 Å². The van der Waals surface area contributed by atoms with Crippen molar-refractivity contribution in [1.82, 2.24) is 5.43 Å². The van der Waals surface area contributed by atoms with Crippen molar-refractivity contribution < 1.29 is 23.5 Å². The molecule has 2 N–H and O–H groups in total. The molecule has 0 spiro atoms. The van der Waals surface area contributed by atoms with Crippen molar-refractivity contribution in [2.75, 3.05) is 12.4 Å². The summed E-state index contributed by atoms with van der Waals surface area (Å²) < 4.78 is 25.2. The molecular weight excluding hydrogens is 461 g/mol. The Labute approximate surface area is 201 Å². The van der Waals surface area contributed by atoms with Gasteiger partial charge in [0.15, 0.2) is 11.5 Å². The summed E-state index contributed by atoms with van der Waals surface area (Å²) in [4.78, 5) is 24.4. The number of aryl methyl sites for hydroxylation is 1. The minimum Gasteiger partial charge on any atom is -0.493 e. The molecule has 34 heavy (non-hydrogen) atoms. The minimum absolute atomic E-state index is 0.154. The van der Waals surface area contributed by atoms with Crippen LogP contribution in [0.5, 0.6) is 11.5 Å². The van der Waals surface area contributed by atoms with Crippen LogP contribution in [0.3, 0.4) is 0 Å². The second-order valence-corrected chi connectivity index (χ2v) is 7.44. The zero-order valence-electron chi connectivity index (χ0n) is 18.6. The van der Waals surface area contributed by atoms with Crippen molar-refractivity contribution >= 4 is 35.3 Å². The predicted octanol–water partition coefficient (Wildman–Crippen LogP) is 4.72. The molecule has 0 aliphatic carbocycles. The molecule has 0 unspecified atom stereocenters. The summed E-state index contributed by atoms with van der Waals surface area (Å²) in [5.41, 5.74) is 4.27. The molecule has 0 fully saturated rings. The summed E-state index contributed by atoms with van der Waals surface area (Å²) in [6.07, 6.45) is 2.00. The Kier molecular flexibility index (Phi) is 8.59. The molecule has 9 heteroatoms. The number of benzene rings is 3. The molecule has 0 heterocycles. The van der Waals surface area contributed by atoms with E-state index in [0.717, 1.165) is 5.56 Å². The van der Waals surface area contributed by atoms with Gasteiger partial charge in [-0.2, -0.15) is 5.10 Å². The summed E-state index contributed by atoms with van der Waals surface area (Å²) in [5.74, 6) is -1.65. The zero-order valence-corrected chi connectivity index (χ0v) is 19.4. The van der Waals surface area contributed by atoms with E-state index in [1.165, 1.54) is 25.5 Å². The van der Waals surface area contributed by atoms with Gasteiger partial charge in [-0.05, 0) is 42.3 Å². The van der Waals surface area contributed by atoms with E-state index < -0.39 is 17.6 Å². The molecule has 0 radical (unpaired) electrons. The Balaban J connectivity index is 1.70. The first-order valence-electron chi connectivity index (χ1n) is 10.4. The molecule has 0 saturated carbocycles. The van der Waals surface area contributed by atoms with E-state index in [1.807, 2.05) is 19.1 Å². The van der Waals surface area contributed by atoms with Gasteiger partial charge in [-0.25, -0.2) is 9.82 Å². The smallest absolute Gasteiger partial charge is 0.329 e. The molecule has 3 rings (SSSR count). The maximum Gasteiger partial charge on any atom is 0.329 e. The van der Waals surface area contributed by atoms with E-state index in [0.29, 0.717) is 23.4 Å². The number of halogens is 2. The lowest BCUT2D eigenvalue weighted by molar-refractivity contribution is -0.136. The van der Waals surface area contributed by atoms with Crippen LogP contribution in [0.15, 0.2) is 65.8 Å². The Morgan fingerprint density at radius 3 is 2.56 bits per heavy atom. The van der Waals surface area contributed by atoms with Gasteiger partial charge in [0.1, 0.15) is 12.4 Å². The molecule has 7 nitrogen and oxygen atoms in total. The highest BCUT2D eigenvalue weighted by Gasteiger charge is 2.16. The fraction of sp³-hybridized carbons (Fsp3) is 0.160. The van der Waals surface area contributed by atoms with Gasteiger partial charge in [0.25, 0.3) is 0 Å². The number of amides is 2. The summed E-state index contributed by atoms with van der Waals surface area (Å²) in [5, 5.41) is 6.65. The second kappa shape index (κ2) is 11.8. The molecule has 0 saturated heterocycles. The Morgan fingerprint density at radius 2 is 1.82 bits per heavy atom. The van der Waals surface area contributed by atoms with Gasteiger partial charge < -0.3 is 14.8 Å². The average molecular weight is 484 g/mol. The van der Waals surface area contributed by atoms with E-state index in [1.54, 1.807) is 36.4 Å². The lowest BCUT2D eigenvalue weighted by atomic mass is 10.1. The number of hydrazone groups is 1. The van der Waals surface area contributed by atoms with Crippen molar-refractivity contribution in [3.63, 3.8) is 0 Å². The predicted molar refractivity (Wildman–Crippen MR) is 129 cm³/mol. The first kappa shape index (κ1) is 24.7. The number of nitrogens with one attached hydrogen (secondary N) is 2. The van der Waals surface area contributed by atoms with Crippen LogP contribution in [0, 0.1) is 5.82 Å². The first-order valence-corrected chi connectivity index (χ1v) is 10.8. The maximum absolute atomic E-state index is 14.1. The van der Waals surface area contributed by atoms with Gasteiger partial charge in [0.2, 0.25) is 0 Å². The van der Waals surface area contributed by atoms with Gasteiger partial charge in [-0.15, -0.1) is 0 Å². The highest BCUT2D eigenvalue weighted by molar-refractivity contribution is 6.39. The number of ether oxygens (including phenoxy) is 2. The molecule has 3 aromatic carbocycles. The number of carbonyl (C=O) groups excluding carboxylic acids is 2. The number of nitrogens with zero attached hydrogens (tertiary/aromatic N) is 1. The van der Waals surface area contributed by atoms with Gasteiger partial charge in [-0.3, -0.25) is 9.59 Å². The molecule has 0 atom stereocenters. The van der Waals surface area contributed by atoms with E-state index in [-0.39, 0.29) is 22.9 Å². The van der Waals surface area contributed by atoms with Gasteiger partial charge >= 0.3 is 11.8 Å². The lowest BCUT2D eigenvalue weighted by Gasteiger charge is -2.14. The fourth-order valence-electron chi connectivity index (χ4n) is 3.11. The van der Waals surface area contributed by atoms with E-state index in [2.05, 4.69) is 15.8 Å². The molecular formula is C25H23ClFN3O4. The van der Waals surface area contributed by atoms with Crippen LogP contribution in [0.1, 0.15) is 23.6 Å². The SMILES string of the molecule is CCc1ccccc1NC(=O)C(=O)N/N=C\c1cccc(OC)c1OCc1c(F)cccc1Cl. The van der Waals surface area contributed by atoms with Gasteiger partial charge in [-0.1, -0.05) is 48.9 Å². The number of hydrogen-bond acceptors (Lipinski definition) is 5. The van der Waals surface area contributed by atoms with Crippen LogP contribution in [-0.2, 0) is 22.6 Å². The third kappa shape index (κ3) is 6.11. The number of hydrogen-bond donors (Lipinski definition) is 2. The van der Waals surface area contributed by atoms with E-state index in [9.17, 15) is 14.0 Å². The summed E-state index contributed by atoms with van der Waals surface area (Å²) in [6.45, 7) is 1.79. The second-order valence-electron chi connectivity index (χ2n) is 7.03. The van der Waals surface area contributed by atoms with Crippen LogP contribution in [0.2, 0.25) is 5.02 Å². The number of carbonyl (C=O) groups is 2. The lowest BCUT2D eigenvalue weighted by Crippen LogP contribution is -2.32. The Hall–Kier alpha value is -3.91. The first-order chi connectivity index (χ1) is 16.4. The standard InChI is InChI=1S/C25H23ClFN3O4/c1-3-16-8-4-5-12-21(16)29-24(31)25(32)30-28-14-17-9-6-13-22(33-2)23(17)34-15-18-19(26)10-7-11-20(18)27/h4-14H,3,15H2,1-2H3,(H,29,31)(H,30,32)/b28-14-. The third-order valence-corrected chi connectivity index (χ3v) is 5.23. The van der Waals surface area contributed by atoms with Gasteiger partial charge in [0, 0.05) is 16.8 Å². The molecule has 0 aliphatic rings. The van der Waals surface area contributed by atoms with Crippen molar-refractivity contribution in [1.29, 1.82) is 0 Å². The maximum atomic E-state index is 14.1. The van der Waals surface area contributed by atoms with E-state index >= 15 is 0 Å². The molecule has 0 aromatic heterocycles. The summed E-state index contributed by atoms with van der Waals surface area (Å²) >= 11 is 6.07. The van der Waals surface area contributed by atoms with Crippen molar-refractivity contribution in [2.45, 2.75) is 20.0 Å². The Bertz CT molecular complexity index is 1200. The van der Waals surface area contributed by atoms with Crippen molar-refractivity contribution in [2.24, 2.45) is 5.10 Å². The van der Waals surface area contributed by atoms with Crippen molar-refractivity contribution in [3.8, 4) is 11.5 Å². The van der Waals surface area contributed by atoms with Crippen LogP contribution in [-0.4, -0.2) is 25.1 Å². The molecule has 2 amide bonds. The van der Waals surface area contributed by atoms with Crippen LogP contribution in [0.25, 0.3) is 0 Å². The highest BCUT2D eigenvalue weighted by Crippen LogP contribution is 2.32. The van der Waals surface area contributed by atoms with Crippen LogP contribution < -0.4 is 20.2 Å². The number of rotatable bonds is 8. The normalized spacial score (nSPS) is 10.7. The third-order valence-electron chi connectivity index (χ3n) is 4.87. The fourth-order valence-corrected chi connectivity index (χ4v) is 3.32. The number of methoxy groups -OCH3 is 1. The number of anilines is 1. The molecule has 176 valence electrons. The Morgan fingerprint density at radius 1 is 1.06 bits per heavy atom. The molecule has 0 bridgehead atoms. The quantitative estimate of drug-likeness (QED) is 0.276. The van der Waals surface area contributed by atoms with E-state index in [4.69, 9.17) is 21.1 Å². The summed E-state index contributed by atoms with van der Waals surface area (Å²) in [6, 6.07) is 16.6.